The Balaban J connectivity index is 2.97. The fourth-order valence-corrected chi connectivity index (χ4v) is 1.94. The van der Waals surface area contributed by atoms with Crippen LogP contribution in [-0.2, 0) is 4.74 Å². The summed E-state index contributed by atoms with van der Waals surface area (Å²) in [5.74, 6) is 6.50. The number of nitrogens with one attached hydrogen (secondary N) is 1. The average molecular weight is 252 g/mol. The zero-order valence-corrected chi connectivity index (χ0v) is 11.6. The summed E-state index contributed by atoms with van der Waals surface area (Å²) in [6.45, 7) is 8.65. The summed E-state index contributed by atoms with van der Waals surface area (Å²) < 4.78 is 11.4. The van der Waals surface area contributed by atoms with E-state index in [1.165, 1.54) is 0 Å². The molecule has 0 aliphatic rings. The second-order valence-electron chi connectivity index (χ2n) is 4.51. The number of hydrazine groups is 1. The van der Waals surface area contributed by atoms with E-state index in [9.17, 15) is 0 Å². The summed E-state index contributed by atoms with van der Waals surface area (Å²) in [4.78, 5) is 0. The molecule has 0 saturated heterocycles. The highest BCUT2D eigenvalue weighted by Gasteiger charge is 2.21. The Labute approximate surface area is 109 Å². The van der Waals surface area contributed by atoms with Gasteiger partial charge in [-0.15, -0.1) is 0 Å². The Hall–Kier alpha value is -1.10. The molecular formula is C14H24N2O2. The van der Waals surface area contributed by atoms with Crippen molar-refractivity contribution in [3.8, 4) is 5.75 Å². The van der Waals surface area contributed by atoms with Crippen LogP contribution in [0.25, 0.3) is 0 Å². The molecule has 0 amide bonds. The monoisotopic (exact) mass is 252 g/mol. The first kappa shape index (κ1) is 15.0. The minimum atomic E-state index is -0.0834. The minimum absolute atomic E-state index is 0.0167. The van der Waals surface area contributed by atoms with E-state index < -0.39 is 0 Å². The predicted molar refractivity (Wildman–Crippen MR) is 73.4 cm³/mol. The van der Waals surface area contributed by atoms with E-state index >= 15 is 0 Å². The second-order valence-corrected chi connectivity index (χ2v) is 4.51. The van der Waals surface area contributed by atoms with E-state index in [2.05, 4.69) is 5.43 Å². The van der Waals surface area contributed by atoms with Gasteiger partial charge in [0.1, 0.15) is 5.75 Å². The summed E-state index contributed by atoms with van der Waals surface area (Å²) in [5.41, 5.74) is 3.83. The van der Waals surface area contributed by atoms with Crippen molar-refractivity contribution in [2.75, 3.05) is 6.61 Å². The lowest BCUT2D eigenvalue weighted by molar-refractivity contribution is 0.0461. The number of ether oxygens (including phenoxy) is 2. The third kappa shape index (κ3) is 3.98. The first-order chi connectivity index (χ1) is 8.60. The van der Waals surface area contributed by atoms with Crippen LogP contribution in [-0.4, -0.2) is 18.8 Å². The Morgan fingerprint density at radius 3 is 2.44 bits per heavy atom. The molecule has 4 nitrogen and oxygen atoms in total. The fourth-order valence-electron chi connectivity index (χ4n) is 1.94. The first-order valence-corrected chi connectivity index (χ1v) is 6.43. The summed E-state index contributed by atoms with van der Waals surface area (Å²) in [6.07, 6.45) is 0.115. The van der Waals surface area contributed by atoms with Crippen LogP contribution >= 0.6 is 0 Å². The predicted octanol–water partition coefficient (Wildman–Crippen LogP) is 2.40. The van der Waals surface area contributed by atoms with E-state index in [4.69, 9.17) is 15.3 Å². The molecule has 0 aliphatic heterocycles. The number of nitrogens with two attached hydrogens (primary N) is 1. The summed E-state index contributed by atoms with van der Waals surface area (Å²) in [7, 11) is 0. The number of benzene rings is 1. The van der Waals surface area contributed by atoms with E-state index in [0.717, 1.165) is 11.3 Å². The van der Waals surface area contributed by atoms with Gasteiger partial charge in [-0.25, -0.2) is 0 Å². The van der Waals surface area contributed by atoms with Crippen molar-refractivity contribution in [2.24, 2.45) is 5.84 Å². The van der Waals surface area contributed by atoms with Gasteiger partial charge < -0.3 is 9.47 Å². The molecule has 18 heavy (non-hydrogen) atoms. The maximum absolute atomic E-state index is 5.81. The largest absolute Gasteiger partial charge is 0.491 e. The molecule has 1 aromatic carbocycles. The van der Waals surface area contributed by atoms with Crippen LogP contribution in [0.4, 0.5) is 0 Å². The maximum Gasteiger partial charge on any atom is 0.124 e. The molecule has 102 valence electrons. The van der Waals surface area contributed by atoms with Gasteiger partial charge >= 0.3 is 0 Å². The van der Waals surface area contributed by atoms with E-state index in [1.54, 1.807) is 0 Å². The normalized spacial score (nSPS) is 14.6. The smallest absolute Gasteiger partial charge is 0.124 e. The molecule has 0 spiro atoms. The van der Waals surface area contributed by atoms with Gasteiger partial charge in [-0.2, -0.15) is 0 Å². The molecular weight excluding hydrogens is 228 g/mol. The van der Waals surface area contributed by atoms with Crippen LogP contribution in [0.3, 0.4) is 0 Å². The van der Waals surface area contributed by atoms with E-state index in [0.29, 0.717) is 6.61 Å². The standard InChI is InChI=1S/C14H24N2O2/c1-5-17-11(4)14(16-15)12-8-6-7-9-13(12)18-10(2)3/h6-11,14,16H,5,15H2,1-4H3. The van der Waals surface area contributed by atoms with Crippen molar-refractivity contribution in [1.82, 2.24) is 5.43 Å². The zero-order valence-electron chi connectivity index (χ0n) is 11.6. The van der Waals surface area contributed by atoms with Gasteiger partial charge in [-0.3, -0.25) is 11.3 Å². The van der Waals surface area contributed by atoms with Gasteiger partial charge in [0.25, 0.3) is 0 Å². The SMILES string of the molecule is CCOC(C)C(NN)c1ccccc1OC(C)C. The molecule has 0 aliphatic carbocycles. The summed E-state index contributed by atoms with van der Waals surface area (Å²) in [5, 5.41) is 0. The van der Waals surface area contributed by atoms with Crippen LogP contribution in [0, 0.1) is 0 Å². The molecule has 0 aromatic heterocycles. The number of hydrogen-bond acceptors (Lipinski definition) is 4. The van der Waals surface area contributed by atoms with E-state index in [1.807, 2.05) is 52.0 Å². The van der Waals surface area contributed by atoms with Crippen LogP contribution in [0.15, 0.2) is 24.3 Å². The molecule has 0 radical (unpaired) electrons. The molecule has 0 fully saturated rings. The lowest BCUT2D eigenvalue weighted by Crippen LogP contribution is -2.37. The van der Waals surface area contributed by atoms with Gasteiger partial charge in [0.05, 0.1) is 18.2 Å². The van der Waals surface area contributed by atoms with Gasteiger partial charge in [-0.05, 0) is 33.8 Å². The molecule has 2 unspecified atom stereocenters. The van der Waals surface area contributed by atoms with Crippen molar-refractivity contribution in [1.29, 1.82) is 0 Å². The Bertz CT molecular complexity index is 355. The average Bonchev–Trinajstić information content (AvgIpc) is 2.32. The highest BCUT2D eigenvalue weighted by molar-refractivity contribution is 5.36. The molecule has 1 rings (SSSR count). The molecule has 1 aromatic rings. The number of rotatable bonds is 7. The Morgan fingerprint density at radius 1 is 1.22 bits per heavy atom. The summed E-state index contributed by atoms with van der Waals surface area (Å²) in [6, 6.07) is 7.82. The molecule has 3 N–H and O–H groups in total. The Kier molecular flexibility index (Phi) is 6.12. The lowest BCUT2D eigenvalue weighted by Gasteiger charge is -2.26. The topological polar surface area (TPSA) is 56.5 Å². The van der Waals surface area contributed by atoms with Crippen LogP contribution in [0.1, 0.15) is 39.3 Å². The molecule has 2 atom stereocenters. The second kappa shape index (κ2) is 7.36. The van der Waals surface area contributed by atoms with Gasteiger partial charge in [0.2, 0.25) is 0 Å². The van der Waals surface area contributed by atoms with Crippen molar-refractivity contribution in [3.63, 3.8) is 0 Å². The van der Waals surface area contributed by atoms with Gasteiger partial charge in [-0.1, -0.05) is 18.2 Å². The molecule has 0 bridgehead atoms. The lowest BCUT2D eigenvalue weighted by atomic mass is 10.0. The third-order valence-electron chi connectivity index (χ3n) is 2.70. The fraction of sp³-hybridized carbons (Fsp3) is 0.571. The quantitative estimate of drug-likeness (QED) is 0.578. The maximum atomic E-state index is 5.81. The zero-order chi connectivity index (χ0) is 13.5. The van der Waals surface area contributed by atoms with Crippen LogP contribution in [0.5, 0.6) is 5.75 Å². The number of para-hydroxylation sites is 1. The van der Waals surface area contributed by atoms with Crippen molar-refractivity contribution >= 4 is 0 Å². The third-order valence-corrected chi connectivity index (χ3v) is 2.70. The van der Waals surface area contributed by atoms with Crippen molar-refractivity contribution in [3.05, 3.63) is 29.8 Å². The summed E-state index contributed by atoms with van der Waals surface area (Å²) >= 11 is 0. The minimum Gasteiger partial charge on any atom is -0.491 e. The van der Waals surface area contributed by atoms with Gasteiger partial charge in [0, 0.05) is 12.2 Å². The Morgan fingerprint density at radius 2 is 1.89 bits per heavy atom. The molecule has 4 heteroatoms. The number of hydrogen-bond donors (Lipinski definition) is 2. The molecule has 0 saturated carbocycles. The van der Waals surface area contributed by atoms with Crippen molar-refractivity contribution in [2.45, 2.75) is 45.9 Å². The van der Waals surface area contributed by atoms with Crippen LogP contribution in [0.2, 0.25) is 0 Å². The molecule has 0 heterocycles. The first-order valence-electron chi connectivity index (χ1n) is 6.43. The van der Waals surface area contributed by atoms with E-state index in [-0.39, 0.29) is 18.2 Å². The van der Waals surface area contributed by atoms with Crippen molar-refractivity contribution < 1.29 is 9.47 Å². The highest BCUT2D eigenvalue weighted by atomic mass is 16.5. The highest BCUT2D eigenvalue weighted by Crippen LogP contribution is 2.28. The van der Waals surface area contributed by atoms with Gasteiger partial charge in [0.15, 0.2) is 0 Å². The van der Waals surface area contributed by atoms with Crippen LogP contribution < -0.4 is 16.0 Å².